The van der Waals surface area contributed by atoms with Gasteiger partial charge in [-0.1, -0.05) is 18.9 Å². The highest BCUT2D eigenvalue weighted by Gasteiger charge is 2.34. The third kappa shape index (κ3) is 3.16. The van der Waals surface area contributed by atoms with Crippen LogP contribution >= 0.6 is 0 Å². The van der Waals surface area contributed by atoms with Gasteiger partial charge in [0.05, 0.1) is 18.8 Å². The number of phenolic OH excluding ortho intramolecular Hbond substituents is 1. The molecule has 0 bridgehead atoms. The molecule has 0 radical (unpaired) electrons. The van der Waals surface area contributed by atoms with Gasteiger partial charge in [0.15, 0.2) is 0 Å². The van der Waals surface area contributed by atoms with Gasteiger partial charge in [-0.15, -0.1) is 0 Å². The van der Waals surface area contributed by atoms with Gasteiger partial charge in [0.1, 0.15) is 11.8 Å². The summed E-state index contributed by atoms with van der Waals surface area (Å²) in [6, 6.07) is 7.80. The normalized spacial score (nSPS) is 20.0. The van der Waals surface area contributed by atoms with E-state index in [2.05, 4.69) is 10.4 Å². The molecule has 2 aliphatic rings. The maximum atomic E-state index is 12.8. The van der Waals surface area contributed by atoms with Gasteiger partial charge in [-0.05, 0) is 37.1 Å². The smallest absolute Gasteiger partial charge is 0.254 e. The number of amides is 2. The van der Waals surface area contributed by atoms with E-state index in [1.165, 1.54) is 12.1 Å². The molecule has 2 N–H and O–H groups in total. The molecule has 1 atom stereocenters. The van der Waals surface area contributed by atoms with Crippen LogP contribution in [0.3, 0.4) is 0 Å². The lowest BCUT2D eigenvalue weighted by molar-refractivity contribution is -0.126. The lowest BCUT2D eigenvalue weighted by Gasteiger charge is -2.33. The molecule has 1 unspecified atom stereocenters. The second kappa shape index (κ2) is 6.82. The summed E-state index contributed by atoms with van der Waals surface area (Å²) in [5.74, 6) is -0.240. The average molecular weight is 354 g/mol. The molecule has 1 aromatic heterocycles. The van der Waals surface area contributed by atoms with E-state index < -0.39 is 6.04 Å². The van der Waals surface area contributed by atoms with Crippen molar-refractivity contribution in [1.82, 2.24) is 20.0 Å². The summed E-state index contributed by atoms with van der Waals surface area (Å²) in [7, 11) is 0. The van der Waals surface area contributed by atoms with Crippen LogP contribution in [0.25, 0.3) is 0 Å². The van der Waals surface area contributed by atoms with Crippen LogP contribution in [0.1, 0.15) is 47.8 Å². The van der Waals surface area contributed by atoms with Crippen LogP contribution < -0.4 is 5.32 Å². The molecule has 1 saturated carbocycles. The van der Waals surface area contributed by atoms with Gasteiger partial charge in [0.2, 0.25) is 5.91 Å². The van der Waals surface area contributed by atoms with Crippen molar-refractivity contribution in [3.63, 3.8) is 0 Å². The first-order valence-corrected chi connectivity index (χ1v) is 9.03. The standard InChI is InChI=1S/C19H22N4O3/c24-16-7-3-4-13(10-16)19(26)22-11-15-8-9-20-23(15)17(12-22)18(25)21-14-5-1-2-6-14/h3-4,7-10,14,17,24H,1-2,5-6,11-12H2,(H,21,25). The zero-order valence-electron chi connectivity index (χ0n) is 14.5. The average Bonchev–Trinajstić information content (AvgIpc) is 3.31. The van der Waals surface area contributed by atoms with E-state index in [9.17, 15) is 14.7 Å². The molecule has 7 heteroatoms. The fourth-order valence-electron chi connectivity index (χ4n) is 3.83. The number of rotatable bonds is 3. The van der Waals surface area contributed by atoms with E-state index in [1.807, 2.05) is 6.07 Å². The summed E-state index contributed by atoms with van der Waals surface area (Å²) in [5, 5.41) is 17.0. The van der Waals surface area contributed by atoms with Crippen LogP contribution in [0.15, 0.2) is 36.5 Å². The van der Waals surface area contributed by atoms with E-state index in [0.29, 0.717) is 12.1 Å². The van der Waals surface area contributed by atoms with Crippen molar-refractivity contribution in [2.75, 3.05) is 6.54 Å². The molecule has 1 aliphatic heterocycles. The van der Waals surface area contributed by atoms with Crippen LogP contribution in [-0.4, -0.2) is 44.2 Å². The maximum absolute atomic E-state index is 12.8. The molecule has 1 aliphatic carbocycles. The van der Waals surface area contributed by atoms with Crippen LogP contribution in [0.2, 0.25) is 0 Å². The highest BCUT2D eigenvalue weighted by Crippen LogP contribution is 2.25. The summed E-state index contributed by atoms with van der Waals surface area (Å²) < 4.78 is 1.72. The molecule has 1 fully saturated rings. The van der Waals surface area contributed by atoms with Crippen LogP contribution in [0.4, 0.5) is 0 Å². The van der Waals surface area contributed by atoms with E-state index in [4.69, 9.17) is 0 Å². The quantitative estimate of drug-likeness (QED) is 0.880. The van der Waals surface area contributed by atoms with E-state index in [1.54, 1.807) is 27.9 Å². The molecule has 136 valence electrons. The number of hydrogen-bond acceptors (Lipinski definition) is 4. The Balaban J connectivity index is 1.55. The molecule has 2 aromatic rings. The number of benzene rings is 1. The first kappa shape index (κ1) is 16.6. The molecular formula is C19H22N4O3. The first-order valence-electron chi connectivity index (χ1n) is 9.03. The monoisotopic (exact) mass is 354 g/mol. The highest BCUT2D eigenvalue weighted by atomic mass is 16.3. The molecule has 2 heterocycles. The number of aromatic hydroxyl groups is 1. The number of nitrogens with zero attached hydrogens (tertiary/aromatic N) is 3. The Kier molecular flexibility index (Phi) is 4.36. The first-order chi connectivity index (χ1) is 12.6. The third-order valence-electron chi connectivity index (χ3n) is 5.18. The van der Waals surface area contributed by atoms with Gasteiger partial charge in [-0.2, -0.15) is 5.10 Å². The minimum Gasteiger partial charge on any atom is -0.508 e. The molecule has 1 aromatic carbocycles. The minimum absolute atomic E-state index is 0.0495. The molecule has 4 rings (SSSR count). The van der Waals surface area contributed by atoms with Crippen LogP contribution in [0.5, 0.6) is 5.75 Å². The maximum Gasteiger partial charge on any atom is 0.254 e. The fourth-order valence-corrected chi connectivity index (χ4v) is 3.83. The zero-order valence-corrected chi connectivity index (χ0v) is 14.5. The highest BCUT2D eigenvalue weighted by molar-refractivity contribution is 5.95. The van der Waals surface area contributed by atoms with E-state index in [0.717, 1.165) is 31.4 Å². The third-order valence-corrected chi connectivity index (χ3v) is 5.18. The van der Waals surface area contributed by atoms with E-state index >= 15 is 0 Å². The summed E-state index contributed by atoms with van der Waals surface area (Å²) in [5.41, 5.74) is 1.24. The lowest BCUT2D eigenvalue weighted by atomic mass is 10.1. The Bertz CT molecular complexity index is 826. The molecule has 0 spiro atoms. The van der Waals surface area contributed by atoms with Crippen LogP contribution in [-0.2, 0) is 11.3 Å². The van der Waals surface area contributed by atoms with Crippen molar-refractivity contribution in [2.45, 2.75) is 44.3 Å². The summed E-state index contributed by atoms with van der Waals surface area (Å²) in [4.78, 5) is 27.3. The Morgan fingerprint density at radius 2 is 2.00 bits per heavy atom. The number of nitrogens with one attached hydrogen (secondary N) is 1. The number of carbonyl (C=O) groups excluding carboxylic acids is 2. The molecule has 7 nitrogen and oxygen atoms in total. The number of aromatic nitrogens is 2. The molecule has 0 saturated heterocycles. The van der Waals surface area contributed by atoms with Gasteiger partial charge in [-0.25, -0.2) is 0 Å². The molecular weight excluding hydrogens is 332 g/mol. The largest absolute Gasteiger partial charge is 0.508 e. The van der Waals surface area contributed by atoms with Crippen molar-refractivity contribution in [2.24, 2.45) is 0 Å². The Morgan fingerprint density at radius 1 is 1.19 bits per heavy atom. The van der Waals surface area contributed by atoms with E-state index in [-0.39, 0.29) is 30.2 Å². The van der Waals surface area contributed by atoms with Crippen molar-refractivity contribution in [1.29, 1.82) is 0 Å². The number of hydrogen-bond donors (Lipinski definition) is 2. The second-order valence-corrected chi connectivity index (χ2v) is 7.01. The topological polar surface area (TPSA) is 87.5 Å². The summed E-state index contributed by atoms with van der Waals surface area (Å²) in [6.45, 7) is 0.656. The Morgan fingerprint density at radius 3 is 2.77 bits per heavy atom. The summed E-state index contributed by atoms with van der Waals surface area (Å²) in [6.07, 6.45) is 5.97. The second-order valence-electron chi connectivity index (χ2n) is 7.01. The fraction of sp³-hybridized carbons (Fsp3) is 0.421. The number of fused-ring (bicyclic) bond motifs is 1. The van der Waals surface area contributed by atoms with Gasteiger partial charge in [0.25, 0.3) is 5.91 Å². The zero-order chi connectivity index (χ0) is 18.1. The van der Waals surface area contributed by atoms with Gasteiger partial charge in [-0.3, -0.25) is 14.3 Å². The van der Waals surface area contributed by atoms with Gasteiger partial charge < -0.3 is 15.3 Å². The van der Waals surface area contributed by atoms with Crippen molar-refractivity contribution in [3.05, 3.63) is 47.8 Å². The van der Waals surface area contributed by atoms with Gasteiger partial charge >= 0.3 is 0 Å². The SMILES string of the molecule is O=C(NC1CCCC1)C1CN(C(=O)c2cccc(O)c2)Cc2ccnn21. The van der Waals surface area contributed by atoms with Crippen molar-refractivity contribution >= 4 is 11.8 Å². The number of phenols is 1. The molecule has 26 heavy (non-hydrogen) atoms. The lowest BCUT2D eigenvalue weighted by Crippen LogP contribution is -2.48. The Labute approximate surface area is 151 Å². The minimum atomic E-state index is -0.532. The predicted octanol–water partition coefficient (Wildman–Crippen LogP) is 1.84. The van der Waals surface area contributed by atoms with Gasteiger partial charge in [0, 0.05) is 17.8 Å². The molecule has 2 amide bonds. The number of carbonyl (C=O) groups is 2. The predicted molar refractivity (Wildman–Crippen MR) is 94.5 cm³/mol. The van der Waals surface area contributed by atoms with Crippen LogP contribution in [0, 0.1) is 0 Å². The van der Waals surface area contributed by atoms with Crippen molar-refractivity contribution in [3.8, 4) is 5.75 Å². The Hall–Kier alpha value is -2.83. The summed E-state index contributed by atoms with van der Waals surface area (Å²) >= 11 is 0. The van der Waals surface area contributed by atoms with Crippen molar-refractivity contribution < 1.29 is 14.7 Å².